The molecule has 1 aliphatic rings. The summed E-state index contributed by atoms with van der Waals surface area (Å²) in [6.45, 7) is 9.80. The molecule has 4 atom stereocenters. The highest BCUT2D eigenvalue weighted by atomic mass is 16.5. The van der Waals surface area contributed by atoms with Gasteiger partial charge in [0.25, 0.3) is 0 Å². The van der Waals surface area contributed by atoms with Crippen molar-refractivity contribution in [1.82, 2.24) is 0 Å². The molecule has 0 bridgehead atoms. The van der Waals surface area contributed by atoms with Crippen LogP contribution in [0.3, 0.4) is 0 Å². The molecular weight excluding hydrogens is 238 g/mol. The molecule has 0 aromatic heterocycles. The van der Waals surface area contributed by atoms with Gasteiger partial charge >= 0.3 is 0 Å². The minimum atomic E-state index is -0.735. The van der Waals surface area contributed by atoms with Crippen molar-refractivity contribution in [3.8, 4) is 0 Å². The Labute approximate surface area is 118 Å². The van der Waals surface area contributed by atoms with Crippen LogP contribution in [0.15, 0.2) is 0 Å². The molecule has 3 nitrogen and oxygen atoms in total. The molecule has 0 aliphatic heterocycles. The normalized spacial score (nSPS) is 31.4. The first kappa shape index (κ1) is 16.9. The predicted molar refractivity (Wildman–Crippen MR) is 80.0 cm³/mol. The smallest absolute Gasteiger partial charge is 0.0742 e. The van der Waals surface area contributed by atoms with Crippen LogP contribution in [-0.4, -0.2) is 30.0 Å². The van der Waals surface area contributed by atoms with Gasteiger partial charge in [0.05, 0.1) is 11.7 Å². The lowest BCUT2D eigenvalue weighted by Crippen LogP contribution is -2.36. The highest BCUT2D eigenvalue weighted by molar-refractivity contribution is 4.81. The maximum atomic E-state index is 9.86. The maximum Gasteiger partial charge on any atom is 0.0742 e. The average Bonchev–Trinajstić information content (AvgIpc) is 2.34. The molecule has 0 radical (unpaired) electrons. The monoisotopic (exact) mass is 271 g/mol. The van der Waals surface area contributed by atoms with Crippen molar-refractivity contribution in [2.45, 2.75) is 71.5 Å². The third-order valence-corrected chi connectivity index (χ3v) is 4.59. The molecule has 1 saturated carbocycles. The van der Waals surface area contributed by atoms with E-state index in [1.165, 1.54) is 19.3 Å². The van der Waals surface area contributed by atoms with Crippen LogP contribution in [-0.2, 0) is 4.74 Å². The van der Waals surface area contributed by atoms with Crippen molar-refractivity contribution >= 4 is 0 Å². The third kappa shape index (κ3) is 5.80. The van der Waals surface area contributed by atoms with Crippen LogP contribution < -0.4 is 5.73 Å². The van der Waals surface area contributed by atoms with Crippen molar-refractivity contribution in [2.75, 3.05) is 13.2 Å². The van der Waals surface area contributed by atoms with Gasteiger partial charge < -0.3 is 15.6 Å². The van der Waals surface area contributed by atoms with E-state index in [-0.39, 0.29) is 0 Å². The summed E-state index contributed by atoms with van der Waals surface area (Å²) in [5.74, 6) is 2.18. The molecule has 3 heteroatoms. The summed E-state index contributed by atoms with van der Waals surface area (Å²) in [6, 6.07) is 0. The molecule has 0 spiro atoms. The Morgan fingerprint density at radius 3 is 2.63 bits per heavy atom. The molecule has 1 aliphatic carbocycles. The zero-order valence-electron chi connectivity index (χ0n) is 13.2. The van der Waals surface area contributed by atoms with Gasteiger partial charge in [-0.2, -0.15) is 0 Å². The second-order valence-electron chi connectivity index (χ2n) is 7.04. The van der Waals surface area contributed by atoms with Crippen LogP contribution in [0.5, 0.6) is 0 Å². The fourth-order valence-corrected chi connectivity index (χ4v) is 3.10. The minimum absolute atomic E-state index is 0.322. The van der Waals surface area contributed by atoms with Crippen LogP contribution in [0, 0.1) is 17.8 Å². The van der Waals surface area contributed by atoms with E-state index in [9.17, 15) is 5.11 Å². The molecule has 0 aromatic carbocycles. The number of ether oxygens (including phenoxy) is 1. The number of hydrogen-bond donors (Lipinski definition) is 2. The Bertz CT molecular complexity index is 253. The standard InChI is InChI=1S/C16H33NO2/c1-12(2)14-7-6-13(3)10-15(14)19-9-5-8-16(4,18)11-17/h12-15,18H,5-11,17H2,1-4H3. The summed E-state index contributed by atoms with van der Waals surface area (Å²) in [6.07, 6.45) is 5.84. The minimum Gasteiger partial charge on any atom is -0.389 e. The van der Waals surface area contributed by atoms with Crippen molar-refractivity contribution < 1.29 is 9.84 Å². The van der Waals surface area contributed by atoms with E-state index >= 15 is 0 Å². The van der Waals surface area contributed by atoms with Crippen molar-refractivity contribution in [3.63, 3.8) is 0 Å². The highest BCUT2D eigenvalue weighted by Gasteiger charge is 2.31. The van der Waals surface area contributed by atoms with Crippen molar-refractivity contribution in [2.24, 2.45) is 23.5 Å². The van der Waals surface area contributed by atoms with E-state index < -0.39 is 5.60 Å². The van der Waals surface area contributed by atoms with Crippen LogP contribution in [0.25, 0.3) is 0 Å². The molecule has 0 saturated heterocycles. The van der Waals surface area contributed by atoms with E-state index in [0.717, 1.165) is 25.4 Å². The van der Waals surface area contributed by atoms with E-state index in [1.54, 1.807) is 6.92 Å². The lowest BCUT2D eigenvalue weighted by atomic mass is 9.75. The number of aliphatic hydroxyl groups is 1. The van der Waals surface area contributed by atoms with Gasteiger partial charge in [0.1, 0.15) is 0 Å². The van der Waals surface area contributed by atoms with Crippen molar-refractivity contribution in [1.29, 1.82) is 0 Å². The lowest BCUT2D eigenvalue weighted by molar-refractivity contribution is -0.0452. The first-order chi connectivity index (χ1) is 8.85. The SMILES string of the molecule is CC1CCC(C(C)C)C(OCCCC(C)(O)CN)C1. The van der Waals surface area contributed by atoms with Gasteiger partial charge in [0, 0.05) is 13.2 Å². The summed E-state index contributed by atoms with van der Waals surface area (Å²) in [5.41, 5.74) is 4.79. The average molecular weight is 271 g/mol. The zero-order chi connectivity index (χ0) is 14.5. The molecule has 0 amide bonds. The van der Waals surface area contributed by atoms with E-state index in [1.807, 2.05) is 0 Å². The number of rotatable bonds is 7. The first-order valence-corrected chi connectivity index (χ1v) is 7.90. The summed E-state index contributed by atoms with van der Waals surface area (Å²) < 4.78 is 6.12. The van der Waals surface area contributed by atoms with Gasteiger partial charge in [-0.25, -0.2) is 0 Å². The fraction of sp³-hybridized carbons (Fsp3) is 1.00. The second-order valence-corrected chi connectivity index (χ2v) is 7.04. The largest absolute Gasteiger partial charge is 0.389 e. The second kappa shape index (κ2) is 7.61. The summed E-state index contributed by atoms with van der Waals surface area (Å²) >= 11 is 0. The Balaban J connectivity index is 2.32. The summed E-state index contributed by atoms with van der Waals surface area (Å²) in [5, 5.41) is 9.86. The Kier molecular flexibility index (Phi) is 6.78. The van der Waals surface area contributed by atoms with Gasteiger partial charge in [-0.15, -0.1) is 0 Å². The third-order valence-electron chi connectivity index (χ3n) is 4.59. The van der Waals surface area contributed by atoms with E-state index in [0.29, 0.717) is 24.5 Å². The molecule has 1 rings (SSSR count). The maximum absolute atomic E-state index is 9.86. The number of nitrogens with two attached hydrogens (primary N) is 1. The van der Waals surface area contributed by atoms with Crippen LogP contribution >= 0.6 is 0 Å². The Morgan fingerprint density at radius 1 is 1.37 bits per heavy atom. The van der Waals surface area contributed by atoms with Crippen molar-refractivity contribution in [3.05, 3.63) is 0 Å². The quantitative estimate of drug-likeness (QED) is 0.700. The summed E-state index contributed by atoms with van der Waals surface area (Å²) in [4.78, 5) is 0. The van der Waals surface area contributed by atoms with Crippen LogP contribution in [0.4, 0.5) is 0 Å². The van der Waals surface area contributed by atoms with Crippen LogP contribution in [0.2, 0.25) is 0 Å². The predicted octanol–water partition coefficient (Wildman–Crippen LogP) is 2.95. The van der Waals surface area contributed by atoms with Gasteiger partial charge in [0.2, 0.25) is 0 Å². The molecule has 0 aromatic rings. The van der Waals surface area contributed by atoms with Crippen LogP contribution in [0.1, 0.15) is 59.8 Å². The fourth-order valence-electron chi connectivity index (χ4n) is 3.10. The van der Waals surface area contributed by atoms with E-state index in [4.69, 9.17) is 10.5 Å². The molecule has 114 valence electrons. The summed E-state index contributed by atoms with van der Waals surface area (Å²) in [7, 11) is 0. The zero-order valence-corrected chi connectivity index (χ0v) is 13.2. The molecule has 0 heterocycles. The number of hydrogen-bond acceptors (Lipinski definition) is 3. The first-order valence-electron chi connectivity index (χ1n) is 7.90. The lowest BCUT2D eigenvalue weighted by Gasteiger charge is -2.37. The molecule has 3 N–H and O–H groups in total. The van der Waals surface area contributed by atoms with Gasteiger partial charge in [-0.3, -0.25) is 0 Å². The molecule has 4 unspecified atom stereocenters. The highest BCUT2D eigenvalue weighted by Crippen LogP contribution is 2.35. The van der Waals surface area contributed by atoms with E-state index in [2.05, 4.69) is 20.8 Å². The Morgan fingerprint density at radius 2 is 2.05 bits per heavy atom. The van der Waals surface area contributed by atoms with Gasteiger partial charge in [-0.05, 0) is 50.4 Å². The Hall–Kier alpha value is -0.120. The molecule has 1 fully saturated rings. The molecule has 19 heavy (non-hydrogen) atoms. The topological polar surface area (TPSA) is 55.5 Å². The molecular formula is C16H33NO2. The van der Waals surface area contributed by atoms with Gasteiger partial charge in [0.15, 0.2) is 0 Å². The van der Waals surface area contributed by atoms with Gasteiger partial charge in [-0.1, -0.05) is 27.2 Å².